The molecule has 2 heterocycles. The Labute approximate surface area is 111 Å². The molecule has 0 bridgehead atoms. The van der Waals surface area contributed by atoms with Crippen molar-refractivity contribution >= 4 is 11.7 Å². The standard InChI is InChI=1S/C12H10F4N2O2/c1-2-20-12(19)6-4-3-5-18(6)9-7(13)10(15)17-11(16)8(9)14/h4H,2-3,5H2,1H3. The van der Waals surface area contributed by atoms with Crippen LogP contribution in [0.2, 0.25) is 0 Å². The number of nitrogens with zero attached hydrogens (tertiary/aromatic N) is 2. The Balaban J connectivity index is 2.47. The molecule has 0 spiro atoms. The normalized spacial score (nSPS) is 14.4. The van der Waals surface area contributed by atoms with E-state index in [9.17, 15) is 22.4 Å². The van der Waals surface area contributed by atoms with Crippen LogP contribution in [0.5, 0.6) is 0 Å². The molecule has 108 valence electrons. The number of hydrogen-bond donors (Lipinski definition) is 0. The molecule has 0 atom stereocenters. The molecule has 0 N–H and O–H groups in total. The second kappa shape index (κ2) is 5.48. The summed E-state index contributed by atoms with van der Waals surface area (Å²) >= 11 is 0. The highest BCUT2D eigenvalue weighted by atomic mass is 19.2. The fourth-order valence-corrected chi connectivity index (χ4v) is 1.90. The number of carbonyl (C=O) groups excluding carboxylic acids is 1. The maximum absolute atomic E-state index is 13.7. The highest BCUT2D eigenvalue weighted by molar-refractivity contribution is 5.93. The molecule has 8 heteroatoms. The first kappa shape index (κ1) is 14.3. The zero-order valence-electron chi connectivity index (χ0n) is 10.4. The van der Waals surface area contributed by atoms with Crippen LogP contribution in [0.4, 0.5) is 23.2 Å². The van der Waals surface area contributed by atoms with Crippen molar-refractivity contribution in [2.75, 3.05) is 18.1 Å². The molecule has 2 rings (SSSR count). The number of aromatic nitrogens is 1. The molecular weight excluding hydrogens is 280 g/mol. The van der Waals surface area contributed by atoms with E-state index >= 15 is 0 Å². The molecule has 20 heavy (non-hydrogen) atoms. The van der Waals surface area contributed by atoms with Gasteiger partial charge in [-0.3, -0.25) is 0 Å². The number of pyridine rings is 1. The van der Waals surface area contributed by atoms with Gasteiger partial charge in [-0.15, -0.1) is 0 Å². The van der Waals surface area contributed by atoms with Crippen molar-refractivity contribution in [3.63, 3.8) is 0 Å². The first-order chi connectivity index (χ1) is 9.47. The van der Waals surface area contributed by atoms with Gasteiger partial charge in [0.25, 0.3) is 11.9 Å². The van der Waals surface area contributed by atoms with Gasteiger partial charge in [0, 0.05) is 6.54 Å². The van der Waals surface area contributed by atoms with E-state index in [-0.39, 0.29) is 18.8 Å². The summed E-state index contributed by atoms with van der Waals surface area (Å²) in [4.78, 5) is 15.0. The molecule has 1 aliphatic heterocycles. The van der Waals surface area contributed by atoms with E-state index in [0.717, 1.165) is 4.90 Å². The van der Waals surface area contributed by atoms with Crippen LogP contribution in [-0.4, -0.2) is 24.1 Å². The van der Waals surface area contributed by atoms with Crippen molar-refractivity contribution in [2.45, 2.75) is 13.3 Å². The third kappa shape index (κ3) is 2.33. The van der Waals surface area contributed by atoms with E-state index in [4.69, 9.17) is 4.74 Å². The van der Waals surface area contributed by atoms with E-state index in [1.54, 1.807) is 6.92 Å². The molecule has 0 fully saturated rings. The number of hydrogen-bond acceptors (Lipinski definition) is 4. The zero-order valence-corrected chi connectivity index (χ0v) is 10.4. The smallest absolute Gasteiger partial charge is 0.354 e. The first-order valence-electron chi connectivity index (χ1n) is 5.82. The Kier molecular flexibility index (Phi) is 3.91. The molecule has 1 aromatic rings. The zero-order chi connectivity index (χ0) is 14.9. The Morgan fingerprint density at radius 1 is 1.30 bits per heavy atom. The van der Waals surface area contributed by atoms with E-state index in [1.165, 1.54) is 6.08 Å². The van der Waals surface area contributed by atoms with Gasteiger partial charge in [0.1, 0.15) is 11.4 Å². The fourth-order valence-electron chi connectivity index (χ4n) is 1.90. The van der Waals surface area contributed by atoms with Gasteiger partial charge < -0.3 is 9.64 Å². The number of rotatable bonds is 3. The van der Waals surface area contributed by atoms with Crippen molar-refractivity contribution in [1.29, 1.82) is 0 Å². The van der Waals surface area contributed by atoms with Gasteiger partial charge in [0.05, 0.1) is 6.61 Å². The summed E-state index contributed by atoms with van der Waals surface area (Å²) in [6, 6.07) is 0. The van der Waals surface area contributed by atoms with Crippen LogP contribution >= 0.6 is 0 Å². The molecule has 0 radical (unpaired) electrons. The molecular formula is C12H10F4N2O2. The van der Waals surface area contributed by atoms with E-state index < -0.39 is 35.2 Å². The Bertz CT molecular complexity index is 563. The summed E-state index contributed by atoms with van der Waals surface area (Å²) < 4.78 is 58.2. The van der Waals surface area contributed by atoms with E-state index in [1.807, 2.05) is 0 Å². The largest absolute Gasteiger partial charge is 0.461 e. The molecule has 0 aliphatic carbocycles. The Morgan fingerprint density at radius 2 is 1.90 bits per heavy atom. The molecule has 0 saturated carbocycles. The summed E-state index contributed by atoms with van der Waals surface area (Å²) in [7, 11) is 0. The van der Waals surface area contributed by atoms with Crippen molar-refractivity contribution in [3.05, 3.63) is 35.3 Å². The minimum Gasteiger partial charge on any atom is -0.461 e. The van der Waals surface area contributed by atoms with Crippen LogP contribution in [0.3, 0.4) is 0 Å². The van der Waals surface area contributed by atoms with Crippen LogP contribution in [-0.2, 0) is 9.53 Å². The maximum atomic E-state index is 13.7. The van der Waals surface area contributed by atoms with Crippen molar-refractivity contribution < 1.29 is 27.1 Å². The highest BCUT2D eigenvalue weighted by Crippen LogP contribution is 2.32. The maximum Gasteiger partial charge on any atom is 0.354 e. The quantitative estimate of drug-likeness (QED) is 0.486. The van der Waals surface area contributed by atoms with E-state index in [0.29, 0.717) is 6.42 Å². The molecule has 4 nitrogen and oxygen atoms in total. The van der Waals surface area contributed by atoms with Gasteiger partial charge in [0.2, 0.25) is 11.6 Å². The van der Waals surface area contributed by atoms with Gasteiger partial charge in [-0.05, 0) is 13.3 Å². The number of ether oxygens (including phenoxy) is 1. The topological polar surface area (TPSA) is 42.4 Å². The fraction of sp³-hybridized carbons (Fsp3) is 0.333. The molecule has 0 amide bonds. The van der Waals surface area contributed by atoms with Crippen LogP contribution in [0.1, 0.15) is 13.3 Å². The summed E-state index contributed by atoms with van der Waals surface area (Å²) in [6.07, 6.45) is 1.67. The summed E-state index contributed by atoms with van der Waals surface area (Å²) in [5.74, 6) is -7.66. The molecule has 0 saturated heterocycles. The minimum atomic E-state index is -1.77. The summed E-state index contributed by atoms with van der Waals surface area (Å²) in [6.45, 7) is 1.63. The summed E-state index contributed by atoms with van der Waals surface area (Å²) in [5.41, 5.74) is -1.14. The number of esters is 1. The average molecular weight is 290 g/mol. The lowest BCUT2D eigenvalue weighted by Crippen LogP contribution is -2.28. The minimum absolute atomic E-state index is 0.00484. The number of carbonyl (C=O) groups is 1. The second-order valence-corrected chi connectivity index (χ2v) is 3.92. The van der Waals surface area contributed by atoms with Crippen molar-refractivity contribution in [1.82, 2.24) is 4.98 Å². The van der Waals surface area contributed by atoms with Gasteiger partial charge in [-0.1, -0.05) is 6.08 Å². The molecule has 1 aromatic heterocycles. The lowest BCUT2D eigenvalue weighted by Gasteiger charge is -2.22. The van der Waals surface area contributed by atoms with Crippen LogP contribution < -0.4 is 4.90 Å². The molecule has 1 aliphatic rings. The third-order valence-electron chi connectivity index (χ3n) is 2.71. The van der Waals surface area contributed by atoms with Crippen molar-refractivity contribution in [2.24, 2.45) is 0 Å². The Morgan fingerprint density at radius 3 is 2.45 bits per heavy atom. The second-order valence-electron chi connectivity index (χ2n) is 3.92. The summed E-state index contributed by atoms with van der Waals surface area (Å²) in [5, 5.41) is 0. The third-order valence-corrected chi connectivity index (χ3v) is 2.71. The monoisotopic (exact) mass is 290 g/mol. The number of anilines is 1. The van der Waals surface area contributed by atoms with Gasteiger partial charge >= 0.3 is 5.97 Å². The SMILES string of the molecule is CCOC(=O)C1=CCCN1c1c(F)c(F)nc(F)c1F. The lowest BCUT2D eigenvalue weighted by atomic mass is 10.3. The Hall–Kier alpha value is -2.12. The van der Waals surface area contributed by atoms with Gasteiger partial charge in [0.15, 0.2) is 0 Å². The lowest BCUT2D eigenvalue weighted by molar-refractivity contribution is -0.138. The van der Waals surface area contributed by atoms with Crippen LogP contribution in [0.15, 0.2) is 11.8 Å². The predicted octanol–water partition coefficient (Wildman–Crippen LogP) is 2.30. The van der Waals surface area contributed by atoms with Gasteiger partial charge in [-0.25, -0.2) is 4.79 Å². The van der Waals surface area contributed by atoms with E-state index in [2.05, 4.69) is 4.98 Å². The van der Waals surface area contributed by atoms with Gasteiger partial charge in [-0.2, -0.15) is 22.5 Å². The molecule has 0 aromatic carbocycles. The van der Waals surface area contributed by atoms with Crippen LogP contribution in [0.25, 0.3) is 0 Å². The predicted molar refractivity (Wildman–Crippen MR) is 60.7 cm³/mol. The van der Waals surface area contributed by atoms with Crippen molar-refractivity contribution in [3.8, 4) is 0 Å². The number of halogens is 4. The first-order valence-corrected chi connectivity index (χ1v) is 5.82. The molecule has 0 unspecified atom stereocenters. The highest BCUT2D eigenvalue weighted by Gasteiger charge is 2.32. The van der Waals surface area contributed by atoms with Crippen LogP contribution in [0, 0.1) is 23.5 Å². The average Bonchev–Trinajstić information content (AvgIpc) is 2.86.